The van der Waals surface area contributed by atoms with Crippen LogP contribution < -0.4 is 5.73 Å². The first-order valence-electron chi connectivity index (χ1n) is 3.38. The molecule has 1 aromatic carbocycles. The summed E-state index contributed by atoms with van der Waals surface area (Å²) < 4.78 is 0. The van der Waals surface area contributed by atoms with E-state index < -0.39 is 0 Å². The Morgan fingerprint density at radius 1 is 1.25 bits per heavy atom. The summed E-state index contributed by atoms with van der Waals surface area (Å²) in [5.41, 5.74) is 7.20. The molecule has 1 aromatic rings. The number of aryl methyl sites for hydroxylation is 1. The molecule has 0 fully saturated rings. The fraction of sp³-hybridized carbons (Fsp3) is 0.250. The molecular weight excluding hydrogens is 216 g/mol. The Balaban J connectivity index is 0.00000121. The van der Waals surface area contributed by atoms with Crippen molar-refractivity contribution in [1.82, 2.24) is 0 Å². The van der Waals surface area contributed by atoms with E-state index in [1.165, 1.54) is 0 Å². The highest BCUT2D eigenvalue weighted by Gasteiger charge is 2.02. The summed E-state index contributed by atoms with van der Waals surface area (Å²) in [7, 11) is 0. The molecule has 0 aliphatic rings. The third-order valence-electron chi connectivity index (χ3n) is 1.55. The lowest BCUT2D eigenvalue weighted by Gasteiger charge is -2.03. The second kappa shape index (κ2) is 4.80. The van der Waals surface area contributed by atoms with Crippen molar-refractivity contribution in [2.75, 3.05) is 5.73 Å². The van der Waals surface area contributed by atoms with Gasteiger partial charge in [0.25, 0.3) is 0 Å². The summed E-state index contributed by atoms with van der Waals surface area (Å²) in [5.74, 6) is 0. The maximum Gasteiger partial charge on any atom is 0.0650 e. The Morgan fingerprint density at radius 2 is 1.83 bits per heavy atom. The molecule has 0 aliphatic carbocycles. The van der Waals surface area contributed by atoms with E-state index in [1.807, 2.05) is 13.0 Å². The molecule has 0 unspecified atom stereocenters. The van der Waals surface area contributed by atoms with Crippen molar-refractivity contribution in [2.24, 2.45) is 0 Å². The highest BCUT2D eigenvalue weighted by Crippen LogP contribution is 2.27. The fourth-order valence-corrected chi connectivity index (χ4v) is 1.40. The van der Waals surface area contributed by atoms with E-state index in [2.05, 4.69) is 0 Å². The standard InChI is InChI=1S/C8H9Cl2N.ClH/c1-2-5-3-8(11)7(10)4-6(5)9;/h3-4H,2,11H2,1H3;1H. The minimum atomic E-state index is 0. The molecule has 0 amide bonds. The first-order chi connectivity index (χ1) is 5.15. The average Bonchev–Trinajstić information content (AvgIpc) is 1.97. The Kier molecular flexibility index (Phi) is 4.76. The van der Waals surface area contributed by atoms with Gasteiger partial charge in [-0.3, -0.25) is 0 Å². The molecule has 0 radical (unpaired) electrons. The molecule has 0 aromatic heterocycles. The van der Waals surface area contributed by atoms with Gasteiger partial charge in [0.2, 0.25) is 0 Å². The highest BCUT2D eigenvalue weighted by atomic mass is 35.5. The summed E-state index contributed by atoms with van der Waals surface area (Å²) in [6.07, 6.45) is 0.875. The fourth-order valence-electron chi connectivity index (χ4n) is 0.884. The Labute approximate surface area is 88.3 Å². The van der Waals surface area contributed by atoms with Gasteiger partial charge in [0.15, 0.2) is 0 Å². The van der Waals surface area contributed by atoms with Crippen molar-refractivity contribution in [3.8, 4) is 0 Å². The molecule has 0 bridgehead atoms. The maximum atomic E-state index is 5.86. The zero-order valence-electron chi connectivity index (χ0n) is 6.60. The maximum absolute atomic E-state index is 5.86. The third-order valence-corrected chi connectivity index (χ3v) is 2.23. The number of anilines is 1. The number of hydrogen-bond donors (Lipinski definition) is 1. The number of nitrogens with two attached hydrogens (primary N) is 1. The van der Waals surface area contributed by atoms with E-state index in [0.29, 0.717) is 15.7 Å². The molecule has 0 spiro atoms. The largest absolute Gasteiger partial charge is 0.398 e. The predicted molar refractivity (Wildman–Crippen MR) is 57.5 cm³/mol. The molecular formula is C8H10Cl3N. The lowest BCUT2D eigenvalue weighted by atomic mass is 10.1. The minimum absolute atomic E-state index is 0. The van der Waals surface area contributed by atoms with Gasteiger partial charge in [-0.25, -0.2) is 0 Å². The van der Waals surface area contributed by atoms with Gasteiger partial charge in [0.1, 0.15) is 0 Å². The van der Waals surface area contributed by atoms with Gasteiger partial charge in [0.05, 0.1) is 10.7 Å². The van der Waals surface area contributed by atoms with E-state index in [9.17, 15) is 0 Å². The number of nitrogen functional groups attached to an aromatic ring is 1. The van der Waals surface area contributed by atoms with Crippen LogP contribution in [0.15, 0.2) is 12.1 Å². The van der Waals surface area contributed by atoms with Crippen LogP contribution in [0.4, 0.5) is 5.69 Å². The molecule has 0 atom stereocenters. The first kappa shape index (κ1) is 11.9. The van der Waals surface area contributed by atoms with Crippen LogP contribution in [-0.4, -0.2) is 0 Å². The zero-order valence-corrected chi connectivity index (χ0v) is 8.93. The molecule has 4 heteroatoms. The van der Waals surface area contributed by atoms with E-state index in [4.69, 9.17) is 28.9 Å². The number of halogens is 3. The van der Waals surface area contributed by atoms with Gasteiger partial charge < -0.3 is 5.73 Å². The van der Waals surface area contributed by atoms with Crippen molar-refractivity contribution in [3.63, 3.8) is 0 Å². The first-order valence-corrected chi connectivity index (χ1v) is 4.14. The Bertz CT molecular complexity index is 273. The van der Waals surface area contributed by atoms with E-state index in [1.54, 1.807) is 6.07 Å². The summed E-state index contributed by atoms with van der Waals surface area (Å²) in [5, 5.41) is 1.21. The molecule has 0 aliphatic heterocycles. The molecule has 0 saturated heterocycles. The topological polar surface area (TPSA) is 26.0 Å². The van der Waals surface area contributed by atoms with Crippen LogP contribution >= 0.6 is 35.6 Å². The van der Waals surface area contributed by atoms with Crippen LogP contribution in [0, 0.1) is 0 Å². The summed E-state index contributed by atoms with van der Waals surface area (Å²) >= 11 is 11.6. The lowest BCUT2D eigenvalue weighted by molar-refractivity contribution is 1.14. The van der Waals surface area contributed by atoms with E-state index in [0.717, 1.165) is 12.0 Å². The SMILES string of the molecule is CCc1cc(N)c(Cl)cc1Cl.Cl. The molecule has 0 heterocycles. The summed E-state index contributed by atoms with van der Waals surface area (Å²) in [6.45, 7) is 2.02. The Hall–Kier alpha value is -0.110. The highest BCUT2D eigenvalue weighted by molar-refractivity contribution is 6.36. The van der Waals surface area contributed by atoms with Gasteiger partial charge in [-0.2, -0.15) is 0 Å². The van der Waals surface area contributed by atoms with Crippen LogP contribution in [0.1, 0.15) is 12.5 Å². The number of rotatable bonds is 1. The van der Waals surface area contributed by atoms with Crippen molar-refractivity contribution < 1.29 is 0 Å². The van der Waals surface area contributed by atoms with E-state index in [-0.39, 0.29) is 12.4 Å². The van der Waals surface area contributed by atoms with Gasteiger partial charge in [-0.15, -0.1) is 12.4 Å². The third kappa shape index (κ3) is 2.44. The lowest BCUT2D eigenvalue weighted by Crippen LogP contribution is -1.90. The predicted octanol–water partition coefficient (Wildman–Crippen LogP) is 3.56. The molecule has 12 heavy (non-hydrogen) atoms. The quantitative estimate of drug-likeness (QED) is 0.728. The molecule has 1 rings (SSSR count). The zero-order chi connectivity index (χ0) is 8.43. The average molecular weight is 227 g/mol. The van der Waals surface area contributed by atoms with Crippen molar-refractivity contribution >= 4 is 41.3 Å². The molecule has 68 valence electrons. The number of benzene rings is 1. The minimum Gasteiger partial charge on any atom is -0.398 e. The van der Waals surface area contributed by atoms with Gasteiger partial charge in [0, 0.05) is 5.02 Å². The van der Waals surface area contributed by atoms with Crippen LogP contribution in [-0.2, 0) is 6.42 Å². The van der Waals surface area contributed by atoms with Crippen LogP contribution in [0.2, 0.25) is 10.0 Å². The smallest absolute Gasteiger partial charge is 0.0650 e. The summed E-state index contributed by atoms with van der Waals surface area (Å²) in [6, 6.07) is 3.49. The summed E-state index contributed by atoms with van der Waals surface area (Å²) in [4.78, 5) is 0. The second-order valence-electron chi connectivity index (χ2n) is 2.32. The van der Waals surface area contributed by atoms with Gasteiger partial charge in [-0.1, -0.05) is 30.1 Å². The second-order valence-corrected chi connectivity index (χ2v) is 3.13. The van der Waals surface area contributed by atoms with Crippen LogP contribution in [0.3, 0.4) is 0 Å². The molecule has 0 saturated carbocycles. The normalized spacial score (nSPS) is 9.25. The van der Waals surface area contributed by atoms with Gasteiger partial charge >= 0.3 is 0 Å². The Morgan fingerprint density at radius 3 is 2.33 bits per heavy atom. The van der Waals surface area contributed by atoms with Crippen molar-refractivity contribution in [1.29, 1.82) is 0 Å². The van der Waals surface area contributed by atoms with Gasteiger partial charge in [-0.05, 0) is 24.1 Å². The molecule has 2 N–H and O–H groups in total. The van der Waals surface area contributed by atoms with Crippen molar-refractivity contribution in [3.05, 3.63) is 27.7 Å². The van der Waals surface area contributed by atoms with Crippen LogP contribution in [0.25, 0.3) is 0 Å². The monoisotopic (exact) mass is 225 g/mol. The van der Waals surface area contributed by atoms with E-state index >= 15 is 0 Å². The number of hydrogen-bond acceptors (Lipinski definition) is 1. The van der Waals surface area contributed by atoms with Crippen molar-refractivity contribution in [2.45, 2.75) is 13.3 Å². The van der Waals surface area contributed by atoms with Crippen LogP contribution in [0.5, 0.6) is 0 Å². The molecule has 1 nitrogen and oxygen atoms in total.